The van der Waals surface area contributed by atoms with E-state index in [1.165, 1.54) is 16.8 Å². The summed E-state index contributed by atoms with van der Waals surface area (Å²) in [5.74, 6) is 0.962. The first-order valence-corrected chi connectivity index (χ1v) is 5.09. The van der Waals surface area contributed by atoms with Gasteiger partial charge in [0.05, 0.1) is 18.4 Å². The molecular weight excluding hydrogens is 184 g/mol. The molecule has 0 aliphatic carbocycles. The van der Waals surface area contributed by atoms with Crippen molar-refractivity contribution in [1.82, 2.24) is 9.78 Å². The maximum absolute atomic E-state index is 4.24. The summed E-state index contributed by atoms with van der Waals surface area (Å²) < 4.78 is 1.93. The molecule has 0 unspecified atom stereocenters. The maximum atomic E-state index is 4.24. The third kappa shape index (κ3) is 0.904. The molecule has 0 aromatic carbocycles. The van der Waals surface area contributed by atoms with Gasteiger partial charge in [0.15, 0.2) is 0 Å². The van der Waals surface area contributed by atoms with E-state index in [1.807, 2.05) is 17.9 Å². The number of thioether (sulfide) groups is 1. The molecule has 1 aromatic rings. The Kier molecular flexibility index (Phi) is 1.38. The quantitative estimate of drug-likeness (QED) is 0.629. The highest BCUT2D eigenvalue weighted by Gasteiger charge is 2.25. The summed E-state index contributed by atoms with van der Waals surface area (Å²) in [5, 5.41) is 13.5. The van der Waals surface area contributed by atoms with E-state index in [0.717, 1.165) is 17.3 Å². The van der Waals surface area contributed by atoms with Gasteiger partial charge in [-0.25, -0.2) is 0 Å². The van der Waals surface area contributed by atoms with Crippen LogP contribution in [-0.2, 0) is 12.8 Å². The first-order chi connectivity index (χ1) is 6.36. The van der Waals surface area contributed by atoms with Crippen LogP contribution in [0.4, 0.5) is 0 Å². The van der Waals surface area contributed by atoms with Crippen LogP contribution in [-0.4, -0.2) is 16.3 Å². The lowest BCUT2D eigenvalue weighted by Gasteiger charge is -2.12. The van der Waals surface area contributed by atoms with Crippen molar-refractivity contribution >= 4 is 17.3 Å². The smallest absolute Gasteiger partial charge is 0.125 e. The Morgan fingerprint density at radius 1 is 1.54 bits per heavy atom. The van der Waals surface area contributed by atoms with Crippen molar-refractivity contribution in [2.24, 2.45) is 17.3 Å². The monoisotopic (exact) mass is 192 g/mol. The SMILES string of the molecule is Cn1ncc2c1CSC1=C2CN=N1. The fourth-order valence-electron chi connectivity index (χ4n) is 1.64. The van der Waals surface area contributed by atoms with Gasteiger partial charge in [0.25, 0.3) is 0 Å². The zero-order valence-corrected chi connectivity index (χ0v) is 8.01. The van der Waals surface area contributed by atoms with Crippen molar-refractivity contribution < 1.29 is 0 Å². The van der Waals surface area contributed by atoms with Crippen LogP contribution >= 0.6 is 11.8 Å². The molecule has 0 atom stereocenters. The Bertz CT molecular complexity index is 429. The number of aryl methyl sites for hydroxylation is 1. The summed E-state index contributed by atoms with van der Waals surface area (Å²) in [7, 11) is 1.98. The van der Waals surface area contributed by atoms with Crippen molar-refractivity contribution in [2.75, 3.05) is 6.54 Å². The molecule has 0 saturated carbocycles. The number of hydrogen-bond donors (Lipinski definition) is 0. The number of nitrogens with zero attached hydrogens (tertiary/aromatic N) is 4. The highest BCUT2D eigenvalue weighted by Crippen LogP contribution is 2.40. The lowest BCUT2D eigenvalue weighted by atomic mass is 10.1. The summed E-state index contributed by atoms with van der Waals surface area (Å²) >= 11 is 1.75. The Labute approximate surface area is 79.7 Å². The van der Waals surface area contributed by atoms with Gasteiger partial charge in [-0.05, 0) is 0 Å². The molecule has 66 valence electrons. The number of rotatable bonds is 0. The standard InChI is InChI=1S/C8H8N4S/c1-12-7-4-13-8-6(2-9-11-8)5(7)3-10-12/h3H,2,4H2,1H3. The van der Waals surface area contributed by atoms with Crippen LogP contribution < -0.4 is 0 Å². The number of fused-ring (bicyclic) bond motifs is 2. The molecule has 4 nitrogen and oxygen atoms in total. The topological polar surface area (TPSA) is 42.5 Å². The van der Waals surface area contributed by atoms with E-state index < -0.39 is 0 Å². The molecule has 13 heavy (non-hydrogen) atoms. The third-order valence-corrected chi connectivity index (χ3v) is 3.40. The van der Waals surface area contributed by atoms with E-state index in [1.54, 1.807) is 11.8 Å². The summed E-state index contributed by atoms with van der Waals surface area (Å²) in [6, 6.07) is 0. The van der Waals surface area contributed by atoms with Gasteiger partial charge in [-0.15, -0.1) is 5.11 Å². The van der Waals surface area contributed by atoms with Crippen LogP contribution in [0.1, 0.15) is 11.3 Å². The molecule has 2 aliphatic heterocycles. The minimum Gasteiger partial charge on any atom is -0.271 e. The van der Waals surface area contributed by atoms with Crippen molar-refractivity contribution in [2.45, 2.75) is 5.75 Å². The van der Waals surface area contributed by atoms with Crippen LogP contribution in [0.2, 0.25) is 0 Å². The van der Waals surface area contributed by atoms with Gasteiger partial charge < -0.3 is 0 Å². The number of hydrogen-bond acceptors (Lipinski definition) is 4. The molecule has 0 bridgehead atoms. The van der Waals surface area contributed by atoms with Crippen molar-refractivity contribution in [1.29, 1.82) is 0 Å². The van der Waals surface area contributed by atoms with Gasteiger partial charge in [0, 0.05) is 23.9 Å². The summed E-state index contributed by atoms with van der Waals surface area (Å²) in [6.07, 6.45) is 1.92. The number of aromatic nitrogens is 2. The average Bonchev–Trinajstić information content (AvgIpc) is 2.70. The highest BCUT2D eigenvalue weighted by molar-refractivity contribution is 8.02. The van der Waals surface area contributed by atoms with Gasteiger partial charge in [-0.3, -0.25) is 4.68 Å². The van der Waals surface area contributed by atoms with E-state index >= 15 is 0 Å². The van der Waals surface area contributed by atoms with Gasteiger partial charge in [0.1, 0.15) is 5.03 Å². The van der Waals surface area contributed by atoms with E-state index in [9.17, 15) is 0 Å². The van der Waals surface area contributed by atoms with Crippen LogP contribution in [0.3, 0.4) is 0 Å². The van der Waals surface area contributed by atoms with E-state index in [-0.39, 0.29) is 0 Å². The second-order valence-electron chi connectivity index (χ2n) is 3.10. The molecule has 0 amide bonds. The first-order valence-electron chi connectivity index (χ1n) is 4.11. The van der Waals surface area contributed by atoms with Crippen LogP contribution in [0.5, 0.6) is 0 Å². The number of azo groups is 1. The second kappa shape index (κ2) is 2.45. The van der Waals surface area contributed by atoms with Crippen LogP contribution in [0.25, 0.3) is 5.57 Å². The predicted molar refractivity (Wildman–Crippen MR) is 51.1 cm³/mol. The molecule has 2 aliphatic rings. The van der Waals surface area contributed by atoms with Gasteiger partial charge in [0.2, 0.25) is 0 Å². The zero-order chi connectivity index (χ0) is 8.84. The third-order valence-electron chi connectivity index (χ3n) is 2.38. The molecular formula is C8H8N4S. The minimum absolute atomic E-state index is 0.723. The van der Waals surface area contributed by atoms with Crippen molar-refractivity contribution in [3.8, 4) is 0 Å². The van der Waals surface area contributed by atoms with Crippen molar-refractivity contribution in [3.63, 3.8) is 0 Å². The highest BCUT2D eigenvalue weighted by atomic mass is 32.2. The largest absolute Gasteiger partial charge is 0.271 e. The molecule has 0 radical (unpaired) electrons. The minimum atomic E-state index is 0.723. The lowest BCUT2D eigenvalue weighted by Crippen LogP contribution is -2.02. The average molecular weight is 192 g/mol. The molecule has 0 N–H and O–H groups in total. The fraction of sp³-hybridized carbons (Fsp3) is 0.375. The van der Waals surface area contributed by atoms with Gasteiger partial charge in [-0.1, -0.05) is 11.8 Å². The first kappa shape index (κ1) is 7.32. The molecule has 5 heteroatoms. The van der Waals surface area contributed by atoms with Gasteiger partial charge >= 0.3 is 0 Å². The second-order valence-corrected chi connectivity index (χ2v) is 4.06. The maximum Gasteiger partial charge on any atom is 0.125 e. The van der Waals surface area contributed by atoms with E-state index in [0.29, 0.717) is 0 Å². The summed E-state index contributed by atoms with van der Waals surface area (Å²) in [5.41, 5.74) is 3.77. The Morgan fingerprint density at radius 3 is 3.38 bits per heavy atom. The summed E-state index contributed by atoms with van der Waals surface area (Å²) in [4.78, 5) is 0. The molecule has 0 spiro atoms. The fourth-order valence-corrected chi connectivity index (χ4v) is 2.72. The Balaban J connectivity index is 2.21. The normalized spacial score (nSPS) is 19.2. The van der Waals surface area contributed by atoms with Crippen LogP contribution in [0, 0.1) is 0 Å². The lowest BCUT2D eigenvalue weighted by molar-refractivity contribution is 0.735. The van der Waals surface area contributed by atoms with Crippen LogP contribution in [0.15, 0.2) is 21.5 Å². The van der Waals surface area contributed by atoms with Gasteiger partial charge in [-0.2, -0.15) is 10.2 Å². The zero-order valence-electron chi connectivity index (χ0n) is 7.19. The van der Waals surface area contributed by atoms with E-state index in [2.05, 4.69) is 15.3 Å². The molecule has 0 saturated heterocycles. The van der Waals surface area contributed by atoms with E-state index in [4.69, 9.17) is 0 Å². The summed E-state index contributed by atoms with van der Waals surface area (Å²) in [6.45, 7) is 0.723. The Morgan fingerprint density at radius 2 is 2.46 bits per heavy atom. The predicted octanol–water partition coefficient (Wildman–Crippen LogP) is 1.80. The molecule has 0 fully saturated rings. The molecule has 1 aromatic heterocycles. The Hall–Kier alpha value is -1.10. The molecule has 3 rings (SSSR count). The van der Waals surface area contributed by atoms with Crippen molar-refractivity contribution in [3.05, 3.63) is 22.5 Å². The molecule has 3 heterocycles.